The van der Waals surface area contributed by atoms with Crippen LogP contribution < -0.4 is 11.5 Å². The summed E-state index contributed by atoms with van der Waals surface area (Å²) in [6.07, 6.45) is -2.47. The SMILES string of the molecule is Nc1nc(C[C@@H](N)Cc2ccc(C(F)(F)F)c(F)c2)c(-c2ccc3[nH]ncc3c2)s1. The van der Waals surface area contributed by atoms with E-state index in [0.29, 0.717) is 22.8 Å². The second-order valence-corrected chi connectivity index (χ2v) is 8.01. The molecule has 0 amide bonds. The lowest BCUT2D eigenvalue weighted by atomic mass is 9.99. The maximum absolute atomic E-state index is 13.8. The lowest BCUT2D eigenvalue weighted by Crippen LogP contribution is -2.26. The van der Waals surface area contributed by atoms with Crippen LogP contribution in [-0.2, 0) is 19.0 Å². The molecule has 2 aromatic heterocycles. The van der Waals surface area contributed by atoms with Crippen LogP contribution in [0.4, 0.5) is 22.7 Å². The number of hydrogen-bond donors (Lipinski definition) is 3. The van der Waals surface area contributed by atoms with Gasteiger partial charge >= 0.3 is 6.18 Å². The van der Waals surface area contributed by atoms with Crippen LogP contribution in [0, 0.1) is 5.82 Å². The molecule has 0 fully saturated rings. The van der Waals surface area contributed by atoms with Crippen molar-refractivity contribution < 1.29 is 17.6 Å². The number of nitrogens with zero attached hydrogens (tertiary/aromatic N) is 2. The number of anilines is 1. The Kier molecular flexibility index (Phi) is 5.20. The summed E-state index contributed by atoms with van der Waals surface area (Å²) in [6, 6.07) is 8.19. The third-order valence-electron chi connectivity index (χ3n) is 4.71. The monoisotopic (exact) mass is 435 g/mol. The van der Waals surface area contributed by atoms with Crippen molar-refractivity contribution in [1.82, 2.24) is 15.2 Å². The smallest absolute Gasteiger partial charge is 0.375 e. The molecule has 0 aliphatic rings. The highest BCUT2D eigenvalue weighted by atomic mass is 32.1. The summed E-state index contributed by atoms with van der Waals surface area (Å²) >= 11 is 1.33. The van der Waals surface area contributed by atoms with Gasteiger partial charge in [-0.3, -0.25) is 5.10 Å². The van der Waals surface area contributed by atoms with Gasteiger partial charge in [-0.05, 0) is 41.8 Å². The van der Waals surface area contributed by atoms with Crippen molar-refractivity contribution in [1.29, 1.82) is 0 Å². The standard InChI is InChI=1S/C20H17F4N5S/c21-15-6-10(1-3-14(15)20(22,23)24)5-13(25)8-17-18(30-19(26)28-17)11-2-4-16-12(7-11)9-27-29-16/h1-4,6-7,9,13H,5,8,25H2,(H2,26,28)(H,27,29)/t13-/m0/s1. The highest BCUT2D eigenvalue weighted by Gasteiger charge is 2.34. The summed E-state index contributed by atoms with van der Waals surface area (Å²) in [5.41, 5.74) is 13.7. The molecule has 0 radical (unpaired) electrons. The summed E-state index contributed by atoms with van der Waals surface area (Å²) in [5, 5.41) is 8.22. The van der Waals surface area contributed by atoms with E-state index in [4.69, 9.17) is 11.5 Å². The molecule has 10 heteroatoms. The quantitative estimate of drug-likeness (QED) is 0.401. The van der Waals surface area contributed by atoms with E-state index < -0.39 is 23.6 Å². The molecule has 30 heavy (non-hydrogen) atoms. The molecule has 0 spiro atoms. The Balaban J connectivity index is 1.54. The molecule has 2 heterocycles. The predicted octanol–water partition coefficient (Wildman–Crippen LogP) is 4.54. The number of thiazole rings is 1. The van der Waals surface area contributed by atoms with E-state index >= 15 is 0 Å². The van der Waals surface area contributed by atoms with Crippen molar-refractivity contribution in [2.24, 2.45) is 5.73 Å². The number of halogens is 4. The Labute approximate surface area is 172 Å². The van der Waals surface area contributed by atoms with E-state index in [2.05, 4.69) is 15.2 Å². The van der Waals surface area contributed by atoms with E-state index in [1.807, 2.05) is 18.2 Å². The van der Waals surface area contributed by atoms with Gasteiger partial charge in [-0.25, -0.2) is 9.37 Å². The zero-order valence-electron chi connectivity index (χ0n) is 15.5. The number of hydrogen-bond acceptors (Lipinski definition) is 5. The van der Waals surface area contributed by atoms with Crippen LogP contribution in [0.1, 0.15) is 16.8 Å². The third kappa shape index (κ3) is 4.14. The van der Waals surface area contributed by atoms with Gasteiger partial charge in [0.2, 0.25) is 0 Å². The fraction of sp³-hybridized carbons (Fsp3) is 0.200. The number of nitrogens with two attached hydrogens (primary N) is 2. The summed E-state index contributed by atoms with van der Waals surface area (Å²) in [4.78, 5) is 5.24. The van der Waals surface area contributed by atoms with Crippen LogP contribution in [0.25, 0.3) is 21.3 Å². The lowest BCUT2D eigenvalue weighted by Gasteiger charge is -2.13. The number of benzene rings is 2. The zero-order valence-corrected chi connectivity index (χ0v) is 16.3. The first-order valence-corrected chi connectivity index (χ1v) is 9.82. The maximum atomic E-state index is 13.8. The van der Waals surface area contributed by atoms with Gasteiger partial charge < -0.3 is 11.5 Å². The van der Waals surface area contributed by atoms with Crippen molar-refractivity contribution in [3.63, 3.8) is 0 Å². The van der Waals surface area contributed by atoms with Crippen molar-refractivity contribution in [2.75, 3.05) is 5.73 Å². The Hall–Kier alpha value is -2.98. The number of aromatic nitrogens is 3. The fourth-order valence-corrected chi connectivity index (χ4v) is 4.21. The average Bonchev–Trinajstić information content (AvgIpc) is 3.26. The van der Waals surface area contributed by atoms with Crippen LogP contribution >= 0.6 is 11.3 Å². The molecule has 4 rings (SSSR count). The average molecular weight is 435 g/mol. The number of H-pyrrole nitrogens is 1. The lowest BCUT2D eigenvalue weighted by molar-refractivity contribution is -0.140. The number of alkyl halides is 3. The normalized spacial score (nSPS) is 13.1. The largest absolute Gasteiger partial charge is 0.419 e. The first-order valence-electron chi connectivity index (χ1n) is 9.00. The van der Waals surface area contributed by atoms with Gasteiger partial charge in [-0.2, -0.15) is 18.3 Å². The van der Waals surface area contributed by atoms with Crippen LogP contribution in [0.3, 0.4) is 0 Å². The third-order valence-corrected chi connectivity index (χ3v) is 5.68. The van der Waals surface area contributed by atoms with E-state index in [9.17, 15) is 17.6 Å². The molecule has 0 aliphatic carbocycles. The predicted molar refractivity (Wildman–Crippen MR) is 108 cm³/mol. The Morgan fingerprint density at radius 1 is 1.10 bits per heavy atom. The van der Waals surface area contributed by atoms with Gasteiger partial charge in [0, 0.05) is 17.8 Å². The number of fused-ring (bicyclic) bond motifs is 1. The molecular weight excluding hydrogens is 418 g/mol. The van der Waals surface area contributed by atoms with E-state index in [1.165, 1.54) is 17.4 Å². The molecule has 1 atom stereocenters. The molecule has 0 aliphatic heterocycles. The number of nitrogens with one attached hydrogen (secondary N) is 1. The van der Waals surface area contributed by atoms with Crippen LogP contribution in [-0.4, -0.2) is 21.2 Å². The molecule has 156 valence electrons. The van der Waals surface area contributed by atoms with Gasteiger partial charge in [0.25, 0.3) is 0 Å². The van der Waals surface area contributed by atoms with Crippen LogP contribution in [0.2, 0.25) is 0 Å². The minimum atomic E-state index is -4.73. The summed E-state index contributed by atoms with van der Waals surface area (Å²) in [5.74, 6) is -1.31. The van der Waals surface area contributed by atoms with E-state index in [1.54, 1.807) is 6.20 Å². The molecular formula is C20H17F4N5S. The Bertz CT molecular complexity index is 1200. The second-order valence-electron chi connectivity index (χ2n) is 6.98. The molecule has 0 bridgehead atoms. The van der Waals surface area contributed by atoms with Crippen molar-refractivity contribution in [3.8, 4) is 10.4 Å². The minimum absolute atomic E-state index is 0.201. The van der Waals surface area contributed by atoms with E-state index in [0.717, 1.165) is 33.5 Å². The molecule has 0 saturated carbocycles. The highest BCUT2D eigenvalue weighted by molar-refractivity contribution is 7.18. The second kappa shape index (κ2) is 7.69. The molecule has 5 nitrogen and oxygen atoms in total. The number of aromatic amines is 1. The van der Waals surface area contributed by atoms with Crippen LogP contribution in [0.15, 0.2) is 42.6 Å². The first kappa shape index (κ1) is 20.3. The number of rotatable bonds is 5. The summed E-state index contributed by atoms with van der Waals surface area (Å²) in [6.45, 7) is 0. The van der Waals surface area contributed by atoms with Crippen molar-refractivity contribution in [3.05, 3.63) is 65.2 Å². The summed E-state index contributed by atoms with van der Waals surface area (Å²) in [7, 11) is 0. The Morgan fingerprint density at radius 3 is 2.63 bits per heavy atom. The highest BCUT2D eigenvalue weighted by Crippen LogP contribution is 2.34. The van der Waals surface area contributed by atoms with Gasteiger partial charge in [0.15, 0.2) is 5.13 Å². The molecule has 0 unspecified atom stereocenters. The molecule has 4 aromatic rings. The van der Waals surface area contributed by atoms with Gasteiger partial charge in [0.05, 0.1) is 27.8 Å². The topological polar surface area (TPSA) is 93.6 Å². The fourth-order valence-electron chi connectivity index (χ4n) is 3.36. The Morgan fingerprint density at radius 2 is 1.90 bits per heavy atom. The molecule has 0 saturated heterocycles. The molecule has 2 aromatic carbocycles. The van der Waals surface area contributed by atoms with E-state index in [-0.39, 0.29) is 6.42 Å². The molecule has 5 N–H and O–H groups in total. The van der Waals surface area contributed by atoms with Crippen LogP contribution in [0.5, 0.6) is 0 Å². The zero-order chi connectivity index (χ0) is 21.5. The first-order chi connectivity index (χ1) is 14.2. The number of nitrogen functional groups attached to an aromatic ring is 1. The van der Waals surface area contributed by atoms with Crippen molar-refractivity contribution >= 4 is 27.4 Å². The van der Waals surface area contributed by atoms with Gasteiger partial charge in [-0.1, -0.05) is 23.5 Å². The van der Waals surface area contributed by atoms with Gasteiger partial charge in [-0.15, -0.1) is 0 Å². The maximum Gasteiger partial charge on any atom is 0.419 e. The van der Waals surface area contributed by atoms with Gasteiger partial charge in [0.1, 0.15) is 5.82 Å². The van der Waals surface area contributed by atoms with Crippen molar-refractivity contribution in [2.45, 2.75) is 25.1 Å². The summed E-state index contributed by atoms with van der Waals surface area (Å²) < 4.78 is 52.0. The minimum Gasteiger partial charge on any atom is -0.375 e.